The van der Waals surface area contributed by atoms with E-state index in [2.05, 4.69) is 20.6 Å². The molecule has 1 aliphatic rings. The van der Waals surface area contributed by atoms with Crippen LogP contribution >= 0.6 is 11.3 Å². The minimum Gasteiger partial charge on any atom is -0.368 e. The number of aryl methyl sites for hydroxylation is 1. The number of hydrogen-bond acceptors (Lipinski definition) is 8. The van der Waals surface area contributed by atoms with E-state index < -0.39 is 41.5 Å². The van der Waals surface area contributed by atoms with Gasteiger partial charge in [0.25, 0.3) is 0 Å². The van der Waals surface area contributed by atoms with Crippen LogP contribution in [-0.4, -0.2) is 68.6 Å². The Morgan fingerprint density at radius 3 is 2.44 bits per heavy atom. The number of nitrogens with zero attached hydrogens (tertiary/aromatic N) is 3. The molecule has 0 saturated carbocycles. The average Bonchev–Trinajstić information content (AvgIpc) is 3.49. The molecule has 6 N–H and O–H groups in total. The Morgan fingerprint density at radius 2 is 1.83 bits per heavy atom. The third-order valence-corrected chi connectivity index (χ3v) is 7.94. The van der Waals surface area contributed by atoms with Gasteiger partial charge >= 0.3 is 12.2 Å². The van der Waals surface area contributed by atoms with Crippen LogP contribution in [0.1, 0.15) is 57.3 Å². The number of carbonyl (C=O) groups excluding carboxylic acids is 4. The summed E-state index contributed by atoms with van der Waals surface area (Å²) in [4.78, 5) is 58.5. The Morgan fingerprint density at radius 1 is 1.17 bits per heavy atom. The predicted octanol–water partition coefficient (Wildman–Crippen LogP) is 3.00. The smallest absolute Gasteiger partial charge is 0.368 e. The second-order valence-electron chi connectivity index (χ2n) is 10.2. The van der Waals surface area contributed by atoms with E-state index in [9.17, 15) is 32.3 Å². The summed E-state index contributed by atoms with van der Waals surface area (Å²) in [5.74, 6) is -1.62. The molecule has 0 aliphatic carbocycles. The van der Waals surface area contributed by atoms with E-state index in [-0.39, 0.29) is 42.5 Å². The summed E-state index contributed by atoms with van der Waals surface area (Å²) in [6.45, 7) is 3.75. The molecule has 3 rings (SSSR count). The quantitative estimate of drug-likeness (QED) is 0.158. The number of rotatable bonds is 10. The number of urea groups is 1. The standard InChI is InChI=1S/C25H32F3N7O5S/c1-13-20(14-8-9-30-17(10-14)24(2,3)25(26,27)28)41-22(31-13)33-23(39)35-12-15(11-16(35)21(29)38)32-18(36)6-4-5-7-19(37)34-40/h8-10,15-16,40H,4-7,11-12H2,1-3H3,(H2,29,38)(H,32,36)(H,34,37)(H,31,33,39)/t15-,16+/m1/s1. The lowest BCUT2D eigenvalue weighted by atomic mass is 9.87. The maximum absolute atomic E-state index is 13.5. The number of pyridine rings is 1. The molecule has 224 valence electrons. The first-order valence-corrected chi connectivity index (χ1v) is 13.6. The average molecular weight is 600 g/mol. The molecule has 5 amide bonds. The van der Waals surface area contributed by atoms with Crippen LogP contribution < -0.4 is 21.8 Å². The molecule has 16 heteroatoms. The maximum Gasteiger partial charge on any atom is 0.399 e. The molecule has 2 aromatic rings. The van der Waals surface area contributed by atoms with Crippen molar-refractivity contribution in [2.24, 2.45) is 5.73 Å². The highest BCUT2D eigenvalue weighted by atomic mass is 32.1. The van der Waals surface area contributed by atoms with Crippen LogP contribution in [0.3, 0.4) is 0 Å². The fourth-order valence-electron chi connectivity index (χ4n) is 4.30. The second kappa shape index (κ2) is 12.8. The number of aromatic nitrogens is 2. The first kappa shape index (κ1) is 31.7. The van der Waals surface area contributed by atoms with Gasteiger partial charge in [0.05, 0.1) is 16.3 Å². The summed E-state index contributed by atoms with van der Waals surface area (Å²) >= 11 is 1.05. The van der Waals surface area contributed by atoms with E-state index in [1.54, 1.807) is 13.0 Å². The number of hydrogen-bond donors (Lipinski definition) is 5. The number of hydroxylamine groups is 1. The molecule has 1 fully saturated rings. The van der Waals surface area contributed by atoms with Crippen LogP contribution in [0.15, 0.2) is 18.3 Å². The molecule has 12 nitrogen and oxygen atoms in total. The van der Waals surface area contributed by atoms with Gasteiger partial charge in [-0.3, -0.25) is 29.9 Å². The lowest BCUT2D eigenvalue weighted by molar-refractivity contribution is -0.181. The van der Waals surface area contributed by atoms with Crippen LogP contribution in [-0.2, 0) is 19.8 Å². The number of alkyl halides is 3. The number of nitrogens with one attached hydrogen (secondary N) is 3. The van der Waals surface area contributed by atoms with E-state index in [0.29, 0.717) is 29.0 Å². The van der Waals surface area contributed by atoms with Crippen molar-refractivity contribution >= 4 is 40.2 Å². The van der Waals surface area contributed by atoms with Gasteiger partial charge in [-0.15, -0.1) is 0 Å². The van der Waals surface area contributed by atoms with Crippen molar-refractivity contribution in [1.82, 2.24) is 25.7 Å². The number of thiazole rings is 1. The van der Waals surface area contributed by atoms with Gasteiger partial charge in [0, 0.05) is 31.6 Å². The van der Waals surface area contributed by atoms with Crippen molar-refractivity contribution in [3.8, 4) is 10.4 Å². The third kappa shape index (κ3) is 7.70. The Balaban J connectivity index is 1.67. The molecule has 41 heavy (non-hydrogen) atoms. The number of anilines is 1. The van der Waals surface area contributed by atoms with E-state index in [4.69, 9.17) is 10.9 Å². The fraction of sp³-hybridized carbons (Fsp3) is 0.520. The number of unbranched alkanes of at least 4 members (excludes halogenated alkanes) is 1. The van der Waals surface area contributed by atoms with Gasteiger partial charge < -0.3 is 16.0 Å². The van der Waals surface area contributed by atoms with Crippen LogP contribution in [0.5, 0.6) is 0 Å². The van der Waals surface area contributed by atoms with Crippen LogP contribution in [0.2, 0.25) is 0 Å². The summed E-state index contributed by atoms with van der Waals surface area (Å²) in [7, 11) is 0. The van der Waals surface area contributed by atoms with Crippen molar-refractivity contribution < 1.29 is 37.6 Å². The summed E-state index contributed by atoms with van der Waals surface area (Å²) in [5.41, 5.74) is 5.61. The fourth-order valence-corrected chi connectivity index (χ4v) is 5.25. The molecule has 2 aromatic heterocycles. The van der Waals surface area contributed by atoms with Crippen molar-refractivity contribution in [3.05, 3.63) is 29.7 Å². The highest BCUT2D eigenvalue weighted by Gasteiger charge is 2.49. The number of likely N-dealkylation sites (tertiary alicyclic amines) is 1. The number of nitrogens with two attached hydrogens (primary N) is 1. The van der Waals surface area contributed by atoms with E-state index >= 15 is 0 Å². The zero-order valence-corrected chi connectivity index (χ0v) is 23.5. The number of primary amides is 1. The summed E-state index contributed by atoms with van der Waals surface area (Å²) < 4.78 is 40.6. The van der Waals surface area contributed by atoms with Gasteiger partial charge in [0.15, 0.2) is 5.13 Å². The van der Waals surface area contributed by atoms with Gasteiger partial charge in [0.2, 0.25) is 17.7 Å². The number of amides is 5. The van der Waals surface area contributed by atoms with Gasteiger partial charge in [0.1, 0.15) is 11.5 Å². The Hall–Kier alpha value is -3.79. The first-order valence-electron chi connectivity index (χ1n) is 12.7. The molecule has 0 bridgehead atoms. The molecule has 0 radical (unpaired) electrons. The van der Waals surface area contributed by atoms with E-state index in [1.807, 2.05) is 0 Å². The van der Waals surface area contributed by atoms with Crippen molar-refractivity contribution in [1.29, 1.82) is 0 Å². The highest BCUT2D eigenvalue weighted by Crippen LogP contribution is 2.41. The predicted molar refractivity (Wildman–Crippen MR) is 143 cm³/mol. The topological polar surface area (TPSA) is 180 Å². The number of carbonyl (C=O) groups is 4. The molecule has 1 saturated heterocycles. The molecule has 2 atom stereocenters. The van der Waals surface area contributed by atoms with E-state index in [0.717, 1.165) is 25.2 Å². The van der Waals surface area contributed by atoms with Gasteiger partial charge in [-0.05, 0) is 57.7 Å². The SMILES string of the molecule is Cc1nc(NC(=O)N2C[C@H](NC(=O)CCCCC(=O)NO)C[C@H]2C(N)=O)sc1-c1ccnc(C(C)(C)C(F)(F)F)c1. The highest BCUT2D eigenvalue weighted by molar-refractivity contribution is 7.19. The summed E-state index contributed by atoms with van der Waals surface area (Å²) in [6, 6.07) is 0.710. The van der Waals surface area contributed by atoms with Crippen molar-refractivity contribution in [3.63, 3.8) is 0 Å². The number of halogens is 3. The van der Waals surface area contributed by atoms with Crippen LogP contribution in [0.4, 0.5) is 23.1 Å². The lowest BCUT2D eigenvalue weighted by Crippen LogP contribution is -2.46. The molecular formula is C25H32F3N7O5S. The molecule has 0 spiro atoms. The summed E-state index contributed by atoms with van der Waals surface area (Å²) in [6.07, 6.45) is -2.15. The molecular weight excluding hydrogens is 567 g/mol. The van der Waals surface area contributed by atoms with Gasteiger partial charge in [-0.1, -0.05) is 11.3 Å². The van der Waals surface area contributed by atoms with Crippen molar-refractivity contribution in [2.75, 3.05) is 11.9 Å². The summed E-state index contributed by atoms with van der Waals surface area (Å²) in [5, 5.41) is 14.0. The first-order chi connectivity index (χ1) is 19.1. The van der Waals surface area contributed by atoms with E-state index in [1.165, 1.54) is 22.6 Å². The minimum atomic E-state index is -4.51. The molecule has 0 unspecified atom stereocenters. The van der Waals surface area contributed by atoms with Crippen LogP contribution in [0, 0.1) is 6.92 Å². The second-order valence-corrected chi connectivity index (χ2v) is 11.2. The molecule has 1 aliphatic heterocycles. The Labute approximate surface area is 237 Å². The van der Waals surface area contributed by atoms with Crippen molar-refractivity contribution in [2.45, 2.75) is 76.6 Å². The molecule has 0 aromatic carbocycles. The zero-order chi connectivity index (χ0) is 30.5. The monoisotopic (exact) mass is 599 g/mol. The lowest BCUT2D eigenvalue weighted by Gasteiger charge is -2.27. The van der Waals surface area contributed by atoms with Crippen LogP contribution in [0.25, 0.3) is 10.4 Å². The normalized spacial score (nSPS) is 17.3. The Kier molecular flexibility index (Phi) is 9.91. The largest absolute Gasteiger partial charge is 0.399 e. The van der Waals surface area contributed by atoms with Gasteiger partial charge in [-0.25, -0.2) is 15.3 Å². The maximum atomic E-state index is 13.5. The zero-order valence-electron chi connectivity index (χ0n) is 22.7. The third-order valence-electron chi connectivity index (χ3n) is 6.82. The Bertz CT molecular complexity index is 1300. The molecule has 3 heterocycles. The minimum absolute atomic E-state index is 0.00948. The van der Waals surface area contributed by atoms with Gasteiger partial charge in [-0.2, -0.15) is 13.2 Å².